The zero-order valence-corrected chi connectivity index (χ0v) is 11.7. The number of nitrogens with zero attached hydrogens (tertiary/aromatic N) is 1. The van der Waals surface area contributed by atoms with Crippen LogP contribution in [0.1, 0.15) is 17.0 Å². The standard InChI is InChI=1S/C14H17N3O3/c1-8-11(9(2)20-17-8)7-14(18)16-10-4-5-12(15)13(6-10)19-3/h4-6H,7,15H2,1-3H3,(H,16,18). The molecule has 20 heavy (non-hydrogen) atoms. The van der Waals surface area contributed by atoms with E-state index in [0.717, 1.165) is 11.3 Å². The van der Waals surface area contributed by atoms with E-state index < -0.39 is 0 Å². The van der Waals surface area contributed by atoms with Gasteiger partial charge in [0.1, 0.15) is 11.5 Å². The van der Waals surface area contributed by atoms with E-state index in [1.54, 1.807) is 25.1 Å². The number of hydrogen-bond acceptors (Lipinski definition) is 5. The van der Waals surface area contributed by atoms with E-state index >= 15 is 0 Å². The second-order valence-electron chi connectivity index (χ2n) is 4.48. The molecule has 6 heteroatoms. The Morgan fingerprint density at radius 2 is 2.20 bits per heavy atom. The summed E-state index contributed by atoms with van der Waals surface area (Å²) in [5.74, 6) is 1.04. The number of benzene rings is 1. The first-order chi connectivity index (χ1) is 9.51. The molecule has 1 amide bonds. The topological polar surface area (TPSA) is 90.4 Å². The van der Waals surface area contributed by atoms with Crippen molar-refractivity contribution in [3.63, 3.8) is 0 Å². The number of ether oxygens (including phenoxy) is 1. The van der Waals surface area contributed by atoms with Gasteiger partial charge in [0.2, 0.25) is 5.91 Å². The minimum absolute atomic E-state index is 0.147. The van der Waals surface area contributed by atoms with Crippen molar-refractivity contribution in [1.82, 2.24) is 5.16 Å². The Morgan fingerprint density at radius 1 is 1.45 bits per heavy atom. The molecule has 0 aliphatic carbocycles. The van der Waals surface area contributed by atoms with Gasteiger partial charge in [0.05, 0.1) is 24.9 Å². The average molecular weight is 275 g/mol. The van der Waals surface area contributed by atoms with E-state index in [1.807, 2.05) is 6.92 Å². The van der Waals surface area contributed by atoms with Gasteiger partial charge in [-0.3, -0.25) is 4.79 Å². The van der Waals surface area contributed by atoms with Crippen LogP contribution in [-0.2, 0) is 11.2 Å². The van der Waals surface area contributed by atoms with Crippen molar-refractivity contribution in [3.8, 4) is 5.75 Å². The molecule has 1 aromatic carbocycles. The highest BCUT2D eigenvalue weighted by Crippen LogP contribution is 2.25. The first kappa shape index (κ1) is 13.9. The van der Waals surface area contributed by atoms with Crippen molar-refractivity contribution in [3.05, 3.63) is 35.2 Å². The lowest BCUT2D eigenvalue weighted by molar-refractivity contribution is -0.115. The Balaban J connectivity index is 2.09. The number of amides is 1. The molecule has 6 nitrogen and oxygen atoms in total. The Hall–Kier alpha value is -2.50. The van der Waals surface area contributed by atoms with Crippen molar-refractivity contribution in [1.29, 1.82) is 0 Å². The number of aromatic nitrogens is 1. The molecular weight excluding hydrogens is 258 g/mol. The lowest BCUT2D eigenvalue weighted by Crippen LogP contribution is -2.15. The molecule has 1 heterocycles. The van der Waals surface area contributed by atoms with Crippen LogP contribution in [0.3, 0.4) is 0 Å². The lowest BCUT2D eigenvalue weighted by atomic mass is 10.1. The molecule has 0 atom stereocenters. The SMILES string of the molecule is COc1cc(NC(=O)Cc2c(C)noc2C)ccc1N. The third-order valence-electron chi connectivity index (χ3n) is 3.04. The van der Waals surface area contributed by atoms with Crippen molar-refractivity contribution in [2.24, 2.45) is 0 Å². The van der Waals surface area contributed by atoms with Gasteiger partial charge in [0.25, 0.3) is 0 Å². The largest absolute Gasteiger partial charge is 0.495 e. The van der Waals surface area contributed by atoms with Gasteiger partial charge in [0.15, 0.2) is 0 Å². The van der Waals surface area contributed by atoms with E-state index in [1.165, 1.54) is 7.11 Å². The van der Waals surface area contributed by atoms with Crippen LogP contribution in [0.5, 0.6) is 5.75 Å². The fourth-order valence-corrected chi connectivity index (χ4v) is 1.91. The molecule has 0 saturated carbocycles. The Labute approximate surface area is 116 Å². The molecule has 2 aromatic rings. The number of rotatable bonds is 4. The fourth-order valence-electron chi connectivity index (χ4n) is 1.91. The van der Waals surface area contributed by atoms with Crippen molar-refractivity contribution < 1.29 is 14.1 Å². The molecule has 0 bridgehead atoms. The summed E-state index contributed by atoms with van der Waals surface area (Å²) in [6, 6.07) is 5.09. The molecule has 3 N–H and O–H groups in total. The predicted octanol–water partition coefficient (Wildman–Crippen LogP) is 2.06. The molecule has 0 unspecified atom stereocenters. The van der Waals surface area contributed by atoms with Crippen LogP contribution in [0.4, 0.5) is 11.4 Å². The first-order valence-electron chi connectivity index (χ1n) is 6.16. The summed E-state index contributed by atoms with van der Waals surface area (Å²) in [5, 5.41) is 6.62. The highest BCUT2D eigenvalue weighted by atomic mass is 16.5. The van der Waals surface area contributed by atoms with E-state index in [4.69, 9.17) is 15.0 Å². The number of nitrogen functional groups attached to an aromatic ring is 1. The molecule has 0 spiro atoms. The quantitative estimate of drug-likeness (QED) is 0.833. The average Bonchev–Trinajstić information content (AvgIpc) is 2.72. The third-order valence-corrected chi connectivity index (χ3v) is 3.04. The molecule has 106 valence electrons. The molecule has 0 aliphatic heterocycles. The number of aryl methyl sites for hydroxylation is 2. The fraction of sp³-hybridized carbons (Fsp3) is 0.286. The van der Waals surface area contributed by atoms with Crippen LogP contribution < -0.4 is 15.8 Å². The molecule has 0 aliphatic rings. The number of anilines is 2. The minimum atomic E-state index is -0.147. The van der Waals surface area contributed by atoms with E-state index in [9.17, 15) is 4.79 Å². The summed E-state index contributed by atoms with van der Waals surface area (Å²) in [4.78, 5) is 12.0. The lowest BCUT2D eigenvalue weighted by Gasteiger charge is -2.09. The summed E-state index contributed by atoms with van der Waals surface area (Å²) in [7, 11) is 1.53. The monoisotopic (exact) mass is 275 g/mol. The summed E-state index contributed by atoms with van der Waals surface area (Å²) in [5.41, 5.74) is 8.42. The zero-order valence-electron chi connectivity index (χ0n) is 11.7. The number of hydrogen-bond donors (Lipinski definition) is 2. The number of nitrogens with two attached hydrogens (primary N) is 1. The van der Waals surface area contributed by atoms with Gasteiger partial charge < -0.3 is 20.3 Å². The van der Waals surface area contributed by atoms with Crippen molar-refractivity contribution in [2.45, 2.75) is 20.3 Å². The highest BCUT2D eigenvalue weighted by Gasteiger charge is 2.14. The Morgan fingerprint density at radius 3 is 2.80 bits per heavy atom. The third kappa shape index (κ3) is 2.90. The number of methoxy groups -OCH3 is 1. The van der Waals surface area contributed by atoms with Crippen LogP contribution in [0.25, 0.3) is 0 Å². The van der Waals surface area contributed by atoms with Gasteiger partial charge in [-0.15, -0.1) is 0 Å². The van der Waals surface area contributed by atoms with Gasteiger partial charge in [-0.1, -0.05) is 5.16 Å². The molecule has 2 rings (SSSR count). The second kappa shape index (κ2) is 5.64. The molecular formula is C14H17N3O3. The van der Waals surface area contributed by atoms with Crippen molar-refractivity contribution >= 4 is 17.3 Å². The molecule has 0 radical (unpaired) electrons. The smallest absolute Gasteiger partial charge is 0.229 e. The predicted molar refractivity (Wildman–Crippen MR) is 75.7 cm³/mol. The zero-order chi connectivity index (χ0) is 14.7. The number of nitrogens with one attached hydrogen (secondary N) is 1. The molecule has 0 saturated heterocycles. The van der Waals surface area contributed by atoms with Gasteiger partial charge in [-0.25, -0.2) is 0 Å². The van der Waals surface area contributed by atoms with E-state index in [2.05, 4.69) is 10.5 Å². The van der Waals surface area contributed by atoms with Gasteiger partial charge in [0, 0.05) is 17.3 Å². The van der Waals surface area contributed by atoms with Crippen LogP contribution in [0, 0.1) is 13.8 Å². The maximum absolute atomic E-state index is 12.0. The van der Waals surface area contributed by atoms with Gasteiger partial charge in [-0.2, -0.15) is 0 Å². The number of carbonyl (C=O) groups is 1. The first-order valence-corrected chi connectivity index (χ1v) is 6.16. The van der Waals surface area contributed by atoms with E-state index in [-0.39, 0.29) is 12.3 Å². The Bertz CT molecular complexity index is 615. The second-order valence-corrected chi connectivity index (χ2v) is 4.48. The normalized spacial score (nSPS) is 10.3. The molecule has 0 fully saturated rings. The van der Waals surface area contributed by atoms with Gasteiger partial charge >= 0.3 is 0 Å². The summed E-state index contributed by atoms with van der Waals surface area (Å²) in [6.45, 7) is 3.60. The number of carbonyl (C=O) groups excluding carboxylic acids is 1. The highest BCUT2D eigenvalue weighted by molar-refractivity contribution is 5.93. The van der Waals surface area contributed by atoms with Crippen LogP contribution in [0.15, 0.2) is 22.7 Å². The summed E-state index contributed by atoms with van der Waals surface area (Å²) < 4.78 is 10.1. The Kier molecular flexibility index (Phi) is 3.93. The van der Waals surface area contributed by atoms with Crippen LogP contribution in [-0.4, -0.2) is 18.2 Å². The summed E-state index contributed by atoms with van der Waals surface area (Å²) in [6.07, 6.45) is 0.216. The van der Waals surface area contributed by atoms with Gasteiger partial charge in [-0.05, 0) is 26.0 Å². The van der Waals surface area contributed by atoms with Crippen LogP contribution >= 0.6 is 0 Å². The van der Waals surface area contributed by atoms with Crippen LogP contribution in [0.2, 0.25) is 0 Å². The molecule has 1 aromatic heterocycles. The maximum Gasteiger partial charge on any atom is 0.229 e. The maximum atomic E-state index is 12.0. The minimum Gasteiger partial charge on any atom is -0.495 e. The van der Waals surface area contributed by atoms with Crippen molar-refractivity contribution in [2.75, 3.05) is 18.2 Å². The van der Waals surface area contributed by atoms with E-state index in [0.29, 0.717) is 22.9 Å². The summed E-state index contributed by atoms with van der Waals surface area (Å²) >= 11 is 0.